The van der Waals surface area contributed by atoms with Gasteiger partial charge in [-0.1, -0.05) is 31.5 Å². The number of aromatic hydroxyl groups is 1. The molecule has 0 aliphatic carbocycles. The van der Waals surface area contributed by atoms with Gasteiger partial charge < -0.3 is 10.8 Å². The molecule has 0 spiro atoms. The Kier molecular flexibility index (Phi) is 4.11. The molecule has 0 aromatic heterocycles. The van der Waals surface area contributed by atoms with E-state index in [1.54, 1.807) is 12.1 Å². The quantitative estimate of drug-likeness (QED) is 0.804. The molecule has 2 atom stereocenters. The van der Waals surface area contributed by atoms with Gasteiger partial charge in [-0.25, -0.2) is 0 Å². The number of nitrogen functional groups attached to an aromatic ring is 1. The monoisotopic (exact) mass is 299 g/mol. The van der Waals surface area contributed by atoms with Crippen LogP contribution in [-0.2, 0) is 0 Å². The van der Waals surface area contributed by atoms with Crippen LogP contribution in [0.4, 0.5) is 5.69 Å². The second-order valence-corrected chi connectivity index (χ2v) is 6.76. The molecule has 21 heavy (non-hydrogen) atoms. The molecular weight excluding hydrogens is 278 g/mol. The van der Waals surface area contributed by atoms with Gasteiger partial charge in [0.2, 0.25) is 0 Å². The third-order valence-corrected chi connectivity index (χ3v) is 5.45. The fourth-order valence-corrected chi connectivity index (χ4v) is 4.60. The maximum Gasteiger partial charge on any atom is 0.115 e. The molecule has 3 N–H and O–H groups in total. The summed E-state index contributed by atoms with van der Waals surface area (Å²) >= 11 is 1.90. The summed E-state index contributed by atoms with van der Waals surface area (Å²) in [6, 6.07) is 14.0. The fourth-order valence-electron chi connectivity index (χ4n) is 3.21. The summed E-state index contributed by atoms with van der Waals surface area (Å²) in [7, 11) is 0. The SMILES string of the molecule is CCCC1c2ccc(N)cc2SCC1c1ccc(O)cc1. The van der Waals surface area contributed by atoms with Crippen LogP contribution < -0.4 is 5.73 Å². The van der Waals surface area contributed by atoms with Crippen LogP contribution in [0.5, 0.6) is 5.75 Å². The van der Waals surface area contributed by atoms with Crippen LogP contribution >= 0.6 is 11.8 Å². The first-order valence-electron chi connectivity index (χ1n) is 7.50. The van der Waals surface area contributed by atoms with Gasteiger partial charge in [-0.3, -0.25) is 0 Å². The lowest BCUT2D eigenvalue weighted by Crippen LogP contribution is -2.19. The van der Waals surface area contributed by atoms with E-state index in [1.165, 1.54) is 28.9 Å². The molecule has 1 heterocycles. The highest BCUT2D eigenvalue weighted by molar-refractivity contribution is 7.99. The lowest BCUT2D eigenvalue weighted by atomic mass is 9.79. The number of fused-ring (bicyclic) bond motifs is 1. The third kappa shape index (κ3) is 2.88. The highest BCUT2D eigenvalue weighted by Crippen LogP contribution is 2.48. The van der Waals surface area contributed by atoms with Crippen molar-refractivity contribution >= 4 is 17.4 Å². The Morgan fingerprint density at radius 2 is 1.95 bits per heavy atom. The Morgan fingerprint density at radius 3 is 2.67 bits per heavy atom. The van der Waals surface area contributed by atoms with Crippen molar-refractivity contribution < 1.29 is 5.11 Å². The van der Waals surface area contributed by atoms with E-state index in [-0.39, 0.29) is 0 Å². The summed E-state index contributed by atoms with van der Waals surface area (Å²) in [5.41, 5.74) is 9.52. The Hall–Kier alpha value is -1.61. The van der Waals surface area contributed by atoms with Crippen LogP contribution in [0.25, 0.3) is 0 Å². The molecule has 0 saturated heterocycles. The zero-order valence-electron chi connectivity index (χ0n) is 12.3. The zero-order chi connectivity index (χ0) is 14.8. The largest absolute Gasteiger partial charge is 0.508 e. The van der Waals surface area contributed by atoms with Crippen molar-refractivity contribution in [1.29, 1.82) is 0 Å². The minimum absolute atomic E-state index is 0.336. The normalized spacial score (nSPS) is 21.0. The summed E-state index contributed by atoms with van der Waals surface area (Å²) in [5, 5.41) is 9.49. The van der Waals surface area contributed by atoms with E-state index < -0.39 is 0 Å². The predicted octanol–water partition coefficient (Wildman–Crippen LogP) is 4.75. The van der Waals surface area contributed by atoms with Crippen molar-refractivity contribution in [3.63, 3.8) is 0 Å². The number of benzene rings is 2. The maximum atomic E-state index is 9.49. The van der Waals surface area contributed by atoms with Crippen LogP contribution in [0.3, 0.4) is 0 Å². The fraction of sp³-hybridized carbons (Fsp3) is 0.333. The predicted molar refractivity (Wildman–Crippen MR) is 90.1 cm³/mol. The number of anilines is 1. The second-order valence-electron chi connectivity index (χ2n) is 5.70. The van der Waals surface area contributed by atoms with E-state index in [0.29, 0.717) is 17.6 Å². The first kappa shape index (κ1) is 14.3. The van der Waals surface area contributed by atoms with E-state index in [4.69, 9.17) is 5.73 Å². The highest BCUT2D eigenvalue weighted by Gasteiger charge is 2.30. The van der Waals surface area contributed by atoms with Gasteiger partial charge >= 0.3 is 0 Å². The van der Waals surface area contributed by atoms with E-state index in [9.17, 15) is 5.11 Å². The minimum atomic E-state index is 0.336. The van der Waals surface area contributed by atoms with Gasteiger partial charge in [0, 0.05) is 22.3 Å². The standard InChI is InChI=1S/C18H21NOS/c1-2-3-15-16-9-6-13(19)10-18(16)21-11-17(15)12-4-7-14(20)8-5-12/h4-10,15,17,20H,2-3,11,19H2,1H3. The van der Waals surface area contributed by atoms with Crippen molar-refractivity contribution in [2.24, 2.45) is 0 Å². The summed E-state index contributed by atoms with van der Waals surface area (Å²) in [4.78, 5) is 1.34. The average Bonchev–Trinajstić information content (AvgIpc) is 2.48. The molecular formula is C18H21NOS. The summed E-state index contributed by atoms with van der Waals surface area (Å²) in [5.74, 6) is 2.46. The molecule has 2 unspecified atom stereocenters. The van der Waals surface area contributed by atoms with E-state index in [2.05, 4.69) is 31.2 Å². The number of hydrogen-bond donors (Lipinski definition) is 2. The van der Waals surface area contributed by atoms with Gasteiger partial charge in [0.25, 0.3) is 0 Å². The molecule has 2 aromatic carbocycles. The van der Waals surface area contributed by atoms with Crippen molar-refractivity contribution in [2.45, 2.75) is 36.5 Å². The van der Waals surface area contributed by atoms with Crippen LogP contribution in [-0.4, -0.2) is 10.9 Å². The number of phenolic OH excluding ortho intramolecular Hbond substituents is 1. The van der Waals surface area contributed by atoms with Gasteiger partial charge in [0.1, 0.15) is 5.75 Å². The number of nitrogens with two attached hydrogens (primary N) is 1. The highest BCUT2D eigenvalue weighted by atomic mass is 32.2. The Bertz CT molecular complexity index is 624. The van der Waals surface area contributed by atoms with Gasteiger partial charge in [-0.15, -0.1) is 11.8 Å². The number of hydrogen-bond acceptors (Lipinski definition) is 3. The van der Waals surface area contributed by atoms with Crippen molar-refractivity contribution in [2.75, 3.05) is 11.5 Å². The molecule has 3 heteroatoms. The smallest absolute Gasteiger partial charge is 0.115 e. The number of phenols is 1. The molecule has 0 amide bonds. The molecule has 0 radical (unpaired) electrons. The topological polar surface area (TPSA) is 46.2 Å². The molecule has 1 aliphatic heterocycles. The molecule has 3 rings (SSSR count). The average molecular weight is 299 g/mol. The Balaban J connectivity index is 1.98. The van der Waals surface area contributed by atoms with Gasteiger partial charge in [-0.2, -0.15) is 0 Å². The van der Waals surface area contributed by atoms with Crippen molar-refractivity contribution in [3.05, 3.63) is 53.6 Å². The summed E-state index contributed by atoms with van der Waals surface area (Å²) < 4.78 is 0. The van der Waals surface area contributed by atoms with Gasteiger partial charge in [0.05, 0.1) is 0 Å². The number of rotatable bonds is 3. The first-order valence-corrected chi connectivity index (χ1v) is 8.48. The minimum Gasteiger partial charge on any atom is -0.508 e. The third-order valence-electron chi connectivity index (χ3n) is 4.26. The van der Waals surface area contributed by atoms with E-state index in [0.717, 1.165) is 11.4 Å². The number of thioether (sulfide) groups is 1. The van der Waals surface area contributed by atoms with Crippen LogP contribution in [0.2, 0.25) is 0 Å². The van der Waals surface area contributed by atoms with Crippen molar-refractivity contribution in [1.82, 2.24) is 0 Å². The molecule has 2 nitrogen and oxygen atoms in total. The maximum absolute atomic E-state index is 9.49. The summed E-state index contributed by atoms with van der Waals surface area (Å²) in [6.07, 6.45) is 2.36. The van der Waals surface area contributed by atoms with Crippen LogP contribution in [0, 0.1) is 0 Å². The second kappa shape index (κ2) is 6.02. The van der Waals surface area contributed by atoms with Gasteiger partial charge in [-0.05, 0) is 47.7 Å². The molecule has 2 aromatic rings. The molecule has 110 valence electrons. The van der Waals surface area contributed by atoms with Gasteiger partial charge in [0.15, 0.2) is 0 Å². The van der Waals surface area contributed by atoms with Crippen molar-refractivity contribution in [3.8, 4) is 5.75 Å². The lowest BCUT2D eigenvalue weighted by molar-refractivity contribution is 0.473. The Morgan fingerprint density at radius 1 is 1.19 bits per heavy atom. The Labute approximate surface area is 130 Å². The summed E-state index contributed by atoms with van der Waals surface area (Å²) in [6.45, 7) is 2.24. The lowest BCUT2D eigenvalue weighted by Gasteiger charge is -2.33. The zero-order valence-corrected chi connectivity index (χ0v) is 13.1. The first-order chi connectivity index (χ1) is 10.2. The van der Waals surface area contributed by atoms with E-state index >= 15 is 0 Å². The van der Waals surface area contributed by atoms with Crippen LogP contribution in [0.15, 0.2) is 47.4 Å². The molecule has 0 saturated carbocycles. The van der Waals surface area contributed by atoms with Crippen LogP contribution in [0.1, 0.15) is 42.7 Å². The van der Waals surface area contributed by atoms with E-state index in [1.807, 2.05) is 17.8 Å². The molecule has 0 bridgehead atoms. The molecule has 1 aliphatic rings. The molecule has 0 fully saturated rings.